The molecule has 0 amide bonds. The second-order valence-corrected chi connectivity index (χ2v) is 8.16. The van der Waals surface area contributed by atoms with Gasteiger partial charge >= 0.3 is 0 Å². The van der Waals surface area contributed by atoms with Crippen LogP contribution in [0.15, 0.2) is 35.1 Å². The molecule has 2 aromatic heterocycles. The maximum Gasteiger partial charge on any atom is 0.262 e. The number of hydrogen-bond donors (Lipinski definition) is 0. The van der Waals surface area contributed by atoms with Crippen molar-refractivity contribution in [2.24, 2.45) is 0 Å². The van der Waals surface area contributed by atoms with Crippen LogP contribution in [0.25, 0.3) is 10.2 Å². The van der Waals surface area contributed by atoms with Crippen molar-refractivity contribution < 1.29 is 0 Å². The largest absolute Gasteiger partial charge is 0.302 e. The molecule has 2 heterocycles. The molecule has 0 aliphatic rings. The summed E-state index contributed by atoms with van der Waals surface area (Å²) >= 11 is 7.77. The Hall–Kier alpha value is -1.69. The van der Waals surface area contributed by atoms with Crippen molar-refractivity contribution in [2.75, 3.05) is 19.6 Å². The van der Waals surface area contributed by atoms with Crippen molar-refractivity contribution in [3.8, 4) is 0 Å². The van der Waals surface area contributed by atoms with Gasteiger partial charge in [-0.2, -0.15) is 0 Å². The SMILES string of the molecule is CCc1cc2c(=O)n(CCN(CC)CC)c(Cc3cccc(Cl)c3)nc2s1. The van der Waals surface area contributed by atoms with Crippen LogP contribution in [0.1, 0.15) is 37.0 Å². The van der Waals surface area contributed by atoms with E-state index >= 15 is 0 Å². The van der Waals surface area contributed by atoms with E-state index in [9.17, 15) is 4.79 Å². The van der Waals surface area contributed by atoms with E-state index in [0.29, 0.717) is 18.0 Å². The number of rotatable bonds is 8. The molecule has 0 fully saturated rings. The van der Waals surface area contributed by atoms with Crippen molar-refractivity contribution in [1.82, 2.24) is 14.5 Å². The van der Waals surface area contributed by atoms with Gasteiger partial charge in [0.15, 0.2) is 0 Å². The van der Waals surface area contributed by atoms with E-state index in [-0.39, 0.29) is 5.56 Å². The van der Waals surface area contributed by atoms with Crippen LogP contribution in [0.4, 0.5) is 0 Å². The molecule has 0 radical (unpaired) electrons. The summed E-state index contributed by atoms with van der Waals surface area (Å²) in [6, 6.07) is 9.78. The van der Waals surface area contributed by atoms with Gasteiger partial charge < -0.3 is 4.90 Å². The van der Waals surface area contributed by atoms with Gasteiger partial charge in [0.2, 0.25) is 0 Å². The second-order valence-electron chi connectivity index (χ2n) is 6.60. The van der Waals surface area contributed by atoms with Crippen LogP contribution in [-0.2, 0) is 19.4 Å². The smallest absolute Gasteiger partial charge is 0.262 e. The Bertz CT molecular complexity index is 975. The van der Waals surface area contributed by atoms with E-state index < -0.39 is 0 Å². The number of thiophene rings is 1. The Morgan fingerprint density at radius 1 is 1.19 bits per heavy atom. The summed E-state index contributed by atoms with van der Waals surface area (Å²) in [6.07, 6.45) is 1.52. The number of fused-ring (bicyclic) bond motifs is 1. The number of benzene rings is 1. The predicted octanol–water partition coefficient (Wildman–Crippen LogP) is 4.61. The van der Waals surface area contributed by atoms with Crippen LogP contribution in [0.3, 0.4) is 0 Å². The van der Waals surface area contributed by atoms with E-state index in [2.05, 4.69) is 25.7 Å². The second kappa shape index (κ2) is 9.00. The summed E-state index contributed by atoms with van der Waals surface area (Å²) in [5.41, 5.74) is 1.14. The molecule has 0 atom stereocenters. The summed E-state index contributed by atoms with van der Waals surface area (Å²) in [7, 11) is 0. The number of nitrogens with zero attached hydrogens (tertiary/aromatic N) is 3. The average molecular weight is 404 g/mol. The van der Waals surface area contributed by atoms with Crippen LogP contribution in [0.5, 0.6) is 0 Å². The molecule has 144 valence electrons. The monoisotopic (exact) mass is 403 g/mol. The molecule has 3 rings (SSSR count). The van der Waals surface area contributed by atoms with Crippen molar-refractivity contribution in [1.29, 1.82) is 0 Å². The first kappa shape index (κ1) is 20.1. The molecule has 0 saturated carbocycles. The minimum Gasteiger partial charge on any atom is -0.302 e. The molecular formula is C21H26ClN3OS. The maximum absolute atomic E-state index is 13.2. The lowest BCUT2D eigenvalue weighted by atomic mass is 10.1. The zero-order valence-electron chi connectivity index (χ0n) is 16.2. The molecule has 3 aromatic rings. The molecule has 4 nitrogen and oxygen atoms in total. The highest BCUT2D eigenvalue weighted by Crippen LogP contribution is 2.23. The summed E-state index contributed by atoms with van der Waals surface area (Å²) < 4.78 is 1.85. The van der Waals surface area contributed by atoms with Crippen LogP contribution in [0.2, 0.25) is 5.02 Å². The number of hydrogen-bond acceptors (Lipinski definition) is 4. The number of aromatic nitrogens is 2. The third-order valence-corrected chi connectivity index (χ3v) is 6.32. The molecule has 27 heavy (non-hydrogen) atoms. The molecule has 1 aromatic carbocycles. The van der Waals surface area contributed by atoms with Crippen LogP contribution >= 0.6 is 22.9 Å². The zero-order chi connectivity index (χ0) is 19.4. The van der Waals surface area contributed by atoms with Crippen LogP contribution in [0, 0.1) is 0 Å². The molecule has 0 bridgehead atoms. The molecule has 0 unspecified atom stereocenters. The Labute approximate surface area is 169 Å². The van der Waals surface area contributed by atoms with Gasteiger partial charge in [-0.3, -0.25) is 9.36 Å². The van der Waals surface area contributed by atoms with Gasteiger partial charge in [-0.15, -0.1) is 11.3 Å². The van der Waals surface area contributed by atoms with E-state index in [4.69, 9.17) is 16.6 Å². The number of likely N-dealkylation sites (N-methyl/N-ethyl adjacent to an activating group) is 1. The quantitative estimate of drug-likeness (QED) is 0.551. The van der Waals surface area contributed by atoms with Gasteiger partial charge in [0.25, 0.3) is 5.56 Å². The van der Waals surface area contributed by atoms with E-state index in [1.165, 1.54) is 4.88 Å². The molecule has 0 aliphatic heterocycles. The van der Waals surface area contributed by atoms with Gasteiger partial charge in [0, 0.05) is 29.4 Å². The average Bonchev–Trinajstić information content (AvgIpc) is 3.08. The van der Waals surface area contributed by atoms with Crippen molar-refractivity contribution >= 4 is 33.2 Å². The molecule has 0 saturated heterocycles. The minimum atomic E-state index is 0.0696. The lowest BCUT2D eigenvalue weighted by molar-refractivity contribution is 0.287. The van der Waals surface area contributed by atoms with Gasteiger partial charge in [-0.25, -0.2) is 4.98 Å². The van der Waals surface area contributed by atoms with E-state index in [0.717, 1.165) is 47.7 Å². The summed E-state index contributed by atoms with van der Waals surface area (Å²) in [6.45, 7) is 9.84. The minimum absolute atomic E-state index is 0.0696. The van der Waals surface area contributed by atoms with E-state index in [1.807, 2.05) is 34.9 Å². The van der Waals surface area contributed by atoms with Crippen LogP contribution in [-0.4, -0.2) is 34.1 Å². The topological polar surface area (TPSA) is 38.1 Å². The van der Waals surface area contributed by atoms with Crippen molar-refractivity contribution in [2.45, 2.75) is 40.2 Å². The maximum atomic E-state index is 13.2. The number of halogens is 1. The molecule has 0 aliphatic carbocycles. The highest BCUT2D eigenvalue weighted by Gasteiger charge is 2.15. The van der Waals surface area contributed by atoms with Gasteiger partial charge in [0.1, 0.15) is 10.7 Å². The lowest BCUT2D eigenvalue weighted by Gasteiger charge is -2.20. The summed E-state index contributed by atoms with van der Waals surface area (Å²) in [5.74, 6) is 0.812. The van der Waals surface area contributed by atoms with Crippen LogP contribution < -0.4 is 5.56 Å². The standard InChI is InChI=1S/C21H26ClN3OS/c1-4-17-14-18-20(27-17)23-19(13-15-8-7-9-16(22)12-15)25(21(18)26)11-10-24(5-2)6-3/h7-9,12,14H,4-6,10-11,13H2,1-3H3. The lowest BCUT2D eigenvalue weighted by Crippen LogP contribution is -2.33. The van der Waals surface area contributed by atoms with Gasteiger partial charge in [0.05, 0.1) is 5.39 Å². The van der Waals surface area contributed by atoms with Gasteiger partial charge in [-0.05, 0) is 43.3 Å². The zero-order valence-corrected chi connectivity index (χ0v) is 17.7. The molecule has 0 spiro atoms. The normalized spacial score (nSPS) is 11.6. The fourth-order valence-electron chi connectivity index (χ4n) is 3.26. The van der Waals surface area contributed by atoms with Crippen molar-refractivity contribution in [3.63, 3.8) is 0 Å². The Morgan fingerprint density at radius 2 is 1.96 bits per heavy atom. The first-order valence-corrected chi connectivity index (χ1v) is 10.7. The fraction of sp³-hybridized carbons (Fsp3) is 0.429. The summed E-state index contributed by atoms with van der Waals surface area (Å²) in [5, 5.41) is 1.45. The predicted molar refractivity (Wildman–Crippen MR) is 115 cm³/mol. The Morgan fingerprint density at radius 3 is 2.63 bits per heavy atom. The first-order chi connectivity index (χ1) is 13.0. The third-order valence-electron chi connectivity index (χ3n) is 4.92. The molecule has 6 heteroatoms. The molecule has 0 N–H and O–H groups in total. The Balaban J connectivity index is 2.04. The summed E-state index contributed by atoms with van der Waals surface area (Å²) in [4.78, 5) is 22.5. The highest BCUT2D eigenvalue weighted by molar-refractivity contribution is 7.18. The third kappa shape index (κ3) is 4.60. The van der Waals surface area contributed by atoms with Crippen molar-refractivity contribution in [3.05, 3.63) is 62.0 Å². The Kier molecular flexibility index (Phi) is 6.68. The number of aryl methyl sites for hydroxylation is 1. The van der Waals surface area contributed by atoms with Gasteiger partial charge in [-0.1, -0.05) is 44.5 Å². The van der Waals surface area contributed by atoms with E-state index in [1.54, 1.807) is 11.3 Å². The fourth-order valence-corrected chi connectivity index (χ4v) is 4.45. The highest BCUT2D eigenvalue weighted by atomic mass is 35.5. The molecular weight excluding hydrogens is 378 g/mol. The first-order valence-electron chi connectivity index (χ1n) is 9.54.